The van der Waals surface area contributed by atoms with Crippen molar-refractivity contribution in [1.82, 2.24) is 9.97 Å². The van der Waals surface area contributed by atoms with E-state index in [-0.39, 0.29) is 5.41 Å². The van der Waals surface area contributed by atoms with Crippen molar-refractivity contribution in [3.63, 3.8) is 0 Å². The third-order valence-corrected chi connectivity index (χ3v) is 5.04. The number of aromatic nitrogens is 2. The molecule has 1 aromatic rings. The van der Waals surface area contributed by atoms with E-state index < -0.39 is 0 Å². The Balaban J connectivity index is 2.10. The molecule has 0 saturated carbocycles. The fourth-order valence-corrected chi connectivity index (χ4v) is 3.53. The fourth-order valence-electron chi connectivity index (χ4n) is 2.10. The van der Waals surface area contributed by atoms with E-state index in [2.05, 4.69) is 43.0 Å². The van der Waals surface area contributed by atoms with Crippen LogP contribution in [0.4, 0.5) is 5.82 Å². The Labute approximate surface area is 124 Å². The van der Waals surface area contributed by atoms with E-state index in [1.54, 1.807) is 6.07 Å². The topological polar surface area (TPSA) is 37.8 Å². The van der Waals surface area contributed by atoms with Crippen molar-refractivity contribution in [2.75, 3.05) is 17.6 Å². The summed E-state index contributed by atoms with van der Waals surface area (Å²) < 4.78 is 0.319. The van der Waals surface area contributed by atoms with Gasteiger partial charge in [-0.05, 0) is 25.5 Å². The highest BCUT2D eigenvalue weighted by molar-refractivity contribution is 8.00. The normalized spacial score (nSPS) is 23.6. The van der Waals surface area contributed by atoms with Gasteiger partial charge in [0.1, 0.15) is 16.8 Å². The van der Waals surface area contributed by atoms with Crippen molar-refractivity contribution in [3.8, 4) is 0 Å². The molecule has 3 nitrogen and oxygen atoms in total. The standard InChI is InChI=1S/C14H22ClN3S/c1-13(2,3)12-17-10(15)8-11(18-12)16-9-14(4)6-5-7-19-14/h8H,5-7,9H2,1-4H3,(H,16,17,18). The van der Waals surface area contributed by atoms with Gasteiger partial charge in [0.2, 0.25) is 0 Å². The maximum Gasteiger partial charge on any atom is 0.137 e. The summed E-state index contributed by atoms with van der Waals surface area (Å²) in [6.07, 6.45) is 2.57. The van der Waals surface area contributed by atoms with Crippen molar-refractivity contribution in [3.05, 3.63) is 17.0 Å². The van der Waals surface area contributed by atoms with Gasteiger partial charge < -0.3 is 5.32 Å². The summed E-state index contributed by atoms with van der Waals surface area (Å²) in [5.41, 5.74) is -0.0899. The van der Waals surface area contributed by atoms with Crippen molar-refractivity contribution >= 4 is 29.2 Å². The molecule has 0 amide bonds. The van der Waals surface area contributed by atoms with E-state index in [9.17, 15) is 0 Å². The summed E-state index contributed by atoms with van der Waals surface area (Å²) in [6.45, 7) is 9.52. The smallest absolute Gasteiger partial charge is 0.137 e. The molecular weight excluding hydrogens is 278 g/mol. The van der Waals surface area contributed by atoms with Crippen LogP contribution in [-0.2, 0) is 5.41 Å². The van der Waals surface area contributed by atoms with E-state index in [0.717, 1.165) is 18.2 Å². The molecule has 2 heterocycles. The average molecular weight is 300 g/mol. The van der Waals surface area contributed by atoms with Gasteiger partial charge in [-0.2, -0.15) is 11.8 Å². The highest BCUT2D eigenvalue weighted by Crippen LogP contribution is 2.37. The predicted molar refractivity (Wildman–Crippen MR) is 84.3 cm³/mol. The van der Waals surface area contributed by atoms with Gasteiger partial charge in [0.25, 0.3) is 0 Å². The molecule has 19 heavy (non-hydrogen) atoms. The van der Waals surface area contributed by atoms with Gasteiger partial charge in [-0.15, -0.1) is 0 Å². The zero-order valence-electron chi connectivity index (χ0n) is 12.1. The molecule has 1 aliphatic heterocycles. The number of anilines is 1. The van der Waals surface area contributed by atoms with Crippen molar-refractivity contribution < 1.29 is 0 Å². The largest absolute Gasteiger partial charge is 0.369 e. The van der Waals surface area contributed by atoms with Crippen LogP contribution in [0.1, 0.15) is 46.4 Å². The lowest BCUT2D eigenvalue weighted by atomic mass is 9.96. The van der Waals surface area contributed by atoms with Crippen molar-refractivity contribution in [1.29, 1.82) is 0 Å². The third kappa shape index (κ3) is 3.99. The van der Waals surface area contributed by atoms with Gasteiger partial charge >= 0.3 is 0 Å². The molecule has 0 aromatic carbocycles. The number of thioether (sulfide) groups is 1. The molecule has 0 radical (unpaired) electrons. The van der Waals surface area contributed by atoms with Gasteiger partial charge in [-0.25, -0.2) is 9.97 Å². The molecule has 1 fully saturated rings. The van der Waals surface area contributed by atoms with Crippen LogP contribution in [0, 0.1) is 0 Å². The van der Waals surface area contributed by atoms with Gasteiger partial charge in [0.15, 0.2) is 0 Å². The predicted octanol–water partition coefficient (Wildman–Crippen LogP) is 4.13. The SMILES string of the molecule is CC1(CNc2cc(Cl)nc(C(C)(C)C)n2)CCCS1. The second-order valence-corrected chi connectivity index (χ2v) is 8.47. The molecule has 1 unspecified atom stereocenters. The van der Waals surface area contributed by atoms with Gasteiger partial charge in [0, 0.05) is 22.8 Å². The number of halogens is 1. The number of rotatable bonds is 3. The molecule has 5 heteroatoms. The quantitative estimate of drug-likeness (QED) is 0.852. The minimum atomic E-state index is -0.0899. The number of hydrogen-bond donors (Lipinski definition) is 1. The molecule has 1 N–H and O–H groups in total. The van der Waals surface area contributed by atoms with Crippen LogP contribution in [-0.4, -0.2) is 27.0 Å². The Kier molecular flexibility index (Phi) is 4.31. The third-order valence-electron chi connectivity index (χ3n) is 3.31. The number of nitrogens with zero attached hydrogens (tertiary/aromatic N) is 2. The Bertz CT molecular complexity index is 450. The molecule has 1 saturated heterocycles. The van der Waals surface area contributed by atoms with Crippen LogP contribution < -0.4 is 5.32 Å². The zero-order valence-corrected chi connectivity index (χ0v) is 13.7. The molecule has 1 aromatic heterocycles. The van der Waals surface area contributed by atoms with Crippen LogP contribution in [0.25, 0.3) is 0 Å². The highest BCUT2D eigenvalue weighted by atomic mass is 35.5. The van der Waals surface area contributed by atoms with Crippen LogP contribution >= 0.6 is 23.4 Å². The minimum absolute atomic E-state index is 0.0899. The summed E-state index contributed by atoms with van der Waals surface area (Å²) in [5.74, 6) is 2.88. The van der Waals surface area contributed by atoms with Gasteiger partial charge in [-0.3, -0.25) is 0 Å². The summed E-state index contributed by atoms with van der Waals surface area (Å²) in [6, 6.07) is 1.81. The lowest BCUT2D eigenvalue weighted by molar-refractivity contribution is 0.545. The second kappa shape index (κ2) is 5.49. The number of hydrogen-bond acceptors (Lipinski definition) is 4. The molecular formula is C14H22ClN3S. The first-order valence-electron chi connectivity index (χ1n) is 6.71. The average Bonchev–Trinajstić information content (AvgIpc) is 2.72. The molecule has 0 spiro atoms. The molecule has 2 rings (SSSR count). The first kappa shape index (κ1) is 14.9. The Morgan fingerprint density at radius 3 is 2.74 bits per heavy atom. The molecule has 1 aliphatic rings. The highest BCUT2D eigenvalue weighted by Gasteiger charge is 2.29. The fraction of sp³-hybridized carbons (Fsp3) is 0.714. The van der Waals surface area contributed by atoms with E-state index in [1.165, 1.54) is 18.6 Å². The summed E-state index contributed by atoms with van der Waals surface area (Å²) in [4.78, 5) is 8.89. The lowest BCUT2D eigenvalue weighted by Crippen LogP contribution is -2.28. The maximum absolute atomic E-state index is 6.09. The Morgan fingerprint density at radius 2 is 2.16 bits per heavy atom. The first-order chi connectivity index (χ1) is 8.78. The Hall–Kier alpha value is -0.480. The van der Waals surface area contributed by atoms with E-state index in [1.807, 2.05) is 11.8 Å². The minimum Gasteiger partial charge on any atom is -0.369 e. The monoisotopic (exact) mass is 299 g/mol. The lowest BCUT2D eigenvalue weighted by Gasteiger charge is -2.24. The van der Waals surface area contributed by atoms with Crippen LogP contribution in [0.3, 0.4) is 0 Å². The van der Waals surface area contributed by atoms with Crippen molar-refractivity contribution in [2.24, 2.45) is 0 Å². The summed E-state index contributed by atoms with van der Waals surface area (Å²) in [7, 11) is 0. The first-order valence-corrected chi connectivity index (χ1v) is 8.08. The molecule has 1 atom stereocenters. The summed E-state index contributed by atoms with van der Waals surface area (Å²) >= 11 is 8.13. The van der Waals surface area contributed by atoms with E-state index >= 15 is 0 Å². The maximum atomic E-state index is 6.09. The van der Waals surface area contributed by atoms with E-state index in [0.29, 0.717) is 9.90 Å². The zero-order chi connectivity index (χ0) is 14.1. The van der Waals surface area contributed by atoms with Gasteiger partial charge in [-0.1, -0.05) is 32.4 Å². The Morgan fingerprint density at radius 1 is 1.42 bits per heavy atom. The van der Waals surface area contributed by atoms with Gasteiger partial charge in [0.05, 0.1) is 0 Å². The second-order valence-electron chi connectivity index (χ2n) is 6.40. The van der Waals surface area contributed by atoms with Crippen molar-refractivity contribution in [2.45, 2.75) is 50.7 Å². The van der Waals surface area contributed by atoms with E-state index in [4.69, 9.17) is 11.6 Å². The molecule has 0 aliphatic carbocycles. The van der Waals surface area contributed by atoms with Crippen LogP contribution in [0.5, 0.6) is 0 Å². The molecule has 0 bridgehead atoms. The molecule has 106 valence electrons. The summed E-state index contributed by atoms with van der Waals surface area (Å²) in [5, 5.41) is 3.93. The van der Waals surface area contributed by atoms with Crippen LogP contribution in [0.15, 0.2) is 6.07 Å². The number of nitrogens with one attached hydrogen (secondary N) is 1. The van der Waals surface area contributed by atoms with Crippen LogP contribution in [0.2, 0.25) is 5.15 Å².